The smallest absolute Gasteiger partial charge is 0.336 e. The number of ether oxygens (including phenoxy) is 2. The van der Waals surface area contributed by atoms with E-state index in [0.29, 0.717) is 28.3 Å². The van der Waals surface area contributed by atoms with Gasteiger partial charge in [0.2, 0.25) is 6.10 Å². The van der Waals surface area contributed by atoms with Gasteiger partial charge in [0.25, 0.3) is 5.91 Å². The maximum Gasteiger partial charge on any atom is 0.336 e. The molecule has 6 heteroatoms. The third kappa shape index (κ3) is 4.49. The maximum absolute atomic E-state index is 13.3. The number of carbonyl (C=O) groups is 1. The molecule has 0 aliphatic rings. The van der Waals surface area contributed by atoms with Crippen molar-refractivity contribution in [2.75, 3.05) is 12.4 Å². The van der Waals surface area contributed by atoms with Gasteiger partial charge in [-0.3, -0.25) is 4.79 Å². The zero-order chi connectivity index (χ0) is 22.7. The van der Waals surface area contributed by atoms with Gasteiger partial charge in [-0.05, 0) is 49.2 Å². The summed E-state index contributed by atoms with van der Waals surface area (Å²) in [6.45, 7) is 3.78. The first-order valence-electron chi connectivity index (χ1n) is 10.2. The summed E-state index contributed by atoms with van der Waals surface area (Å²) < 4.78 is 16.8. The highest BCUT2D eigenvalue weighted by Crippen LogP contribution is 2.30. The first-order valence-corrected chi connectivity index (χ1v) is 10.2. The lowest BCUT2D eigenvalue weighted by Gasteiger charge is -2.20. The molecule has 1 heterocycles. The Morgan fingerprint density at radius 1 is 0.969 bits per heavy atom. The van der Waals surface area contributed by atoms with Crippen LogP contribution in [0.15, 0.2) is 82.0 Å². The Bertz CT molecular complexity index is 1330. The van der Waals surface area contributed by atoms with E-state index in [1.165, 1.54) is 6.07 Å². The summed E-state index contributed by atoms with van der Waals surface area (Å²) in [5.74, 6) is 0.607. The number of methoxy groups -OCH3 is 1. The van der Waals surface area contributed by atoms with Gasteiger partial charge in [0, 0.05) is 23.1 Å². The summed E-state index contributed by atoms with van der Waals surface area (Å²) in [4.78, 5) is 25.1. The number of hydrogen-bond acceptors (Lipinski definition) is 5. The standard InChI is InChI=1S/C26H23NO5/c1-16-9-12-22(30-3)21(13-16)27-26(29)25(18-7-5-4-6-8-18)31-19-10-11-20-17(2)14-24(28)32-23(20)15-19/h4-15,25H,1-3H3,(H,27,29). The van der Waals surface area contributed by atoms with Crippen molar-refractivity contribution in [3.8, 4) is 11.5 Å². The van der Waals surface area contributed by atoms with Gasteiger partial charge in [-0.25, -0.2) is 4.79 Å². The molecule has 1 N–H and O–H groups in total. The SMILES string of the molecule is COc1ccc(C)cc1NC(=O)C(Oc1ccc2c(C)cc(=O)oc2c1)c1ccccc1. The van der Waals surface area contributed by atoms with Crippen molar-refractivity contribution in [1.82, 2.24) is 0 Å². The Balaban J connectivity index is 1.69. The number of benzene rings is 3. The van der Waals surface area contributed by atoms with Crippen LogP contribution in [-0.2, 0) is 4.79 Å². The number of fused-ring (bicyclic) bond motifs is 1. The number of carbonyl (C=O) groups excluding carboxylic acids is 1. The van der Waals surface area contributed by atoms with Crippen molar-refractivity contribution in [2.24, 2.45) is 0 Å². The lowest BCUT2D eigenvalue weighted by Crippen LogP contribution is -2.26. The van der Waals surface area contributed by atoms with Crippen LogP contribution < -0.4 is 20.4 Å². The van der Waals surface area contributed by atoms with Crippen molar-refractivity contribution in [3.05, 3.63) is 99.9 Å². The van der Waals surface area contributed by atoms with Crippen molar-refractivity contribution < 1.29 is 18.7 Å². The lowest BCUT2D eigenvalue weighted by molar-refractivity contribution is -0.123. The molecule has 1 aromatic heterocycles. The van der Waals surface area contributed by atoms with E-state index in [2.05, 4.69) is 5.32 Å². The van der Waals surface area contributed by atoms with Gasteiger partial charge in [-0.15, -0.1) is 0 Å². The summed E-state index contributed by atoms with van der Waals surface area (Å²) in [5.41, 5.74) is 3.01. The molecule has 6 nitrogen and oxygen atoms in total. The lowest BCUT2D eigenvalue weighted by atomic mass is 10.1. The van der Waals surface area contributed by atoms with Crippen LogP contribution in [0.3, 0.4) is 0 Å². The van der Waals surface area contributed by atoms with Crippen molar-refractivity contribution in [1.29, 1.82) is 0 Å². The summed E-state index contributed by atoms with van der Waals surface area (Å²) in [6.07, 6.45) is -0.935. The zero-order valence-electron chi connectivity index (χ0n) is 18.0. The molecule has 0 aliphatic heterocycles. The Morgan fingerprint density at radius 2 is 1.75 bits per heavy atom. The van der Waals surface area contributed by atoms with Gasteiger partial charge in [-0.1, -0.05) is 36.4 Å². The fourth-order valence-corrected chi connectivity index (χ4v) is 3.53. The van der Waals surface area contributed by atoms with Crippen LogP contribution in [-0.4, -0.2) is 13.0 Å². The first kappa shape index (κ1) is 21.2. The number of amides is 1. The Hall–Kier alpha value is -4.06. The highest BCUT2D eigenvalue weighted by molar-refractivity contribution is 5.96. The molecule has 0 saturated carbocycles. The molecule has 3 aromatic carbocycles. The van der Waals surface area contributed by atoms with E-state index in [9.17, 15) is 9.59 Å². The van der Waals surface area contributed by atoms with Crippen LogP contribution >= 0.6 is 0 Å². The Labute approximate surface area is 185 Å². The highest BCUT2D eigenvalue weighted by atomic mass is 16.5. The molecule has 1 amide bonds. The minimum absolute atomic E-state index is 0.356. The summed E-state index contributed by atoms with van der Waals surface area (Å²) in [7, 11) is 1.55. The zero-order valence-corrected chi connectivity index (χ0v) is 18.0. The summed E-state index contributed by atoms with van der Waals surface area (Å²) >= 11 is 0. The molecule has 0 spiro atoms. The van der Waals surface area contributed by atoms with Crippen molar-refractivity contribution in [2.45, 2.75) is 20.0 Å². The maximum atomic E-state index is 13.3. The van der Waals surface area contributed by atoms with E-state index in [4.69, 9.17) is 13.9 Å². The molecule has 0 aliphatic carbocycles. The Kier molecular flexibility index (Phi) is 5.94. The van der Waals surface area contributed by atoms with Gasteiger partial charge in [0.15, 0.2) is 0 Å². The fourth-order valence-electron chi connectivity index (χ4n) is 3.53. The minimum Gasteiger partial charge on any atom is -0.495 e. The van der Waals surface area contributed by atoms with Crippen LogP contribution in [0.2, 0.25) is 0 Å². The summed E-state index contributed by atoms with van der Waals surface area (Å²) in [5, 5.41) is 3.72. The van der Waals surface area contributed by atoms with E-state index >= 15 is 0 Å². The number of hydrogen-bond donors (Lipinski definition) is 1. The second kappa shape index (κ2) is 8.98. The second-order valence-electron chi connectivity index (χ2n) is 7.51. The number of aryl methyl sites for hydroxylation is 2. The van der Waals surface area contributed by atoms with Crippen molar-refractivity contribution >= 4 is 22.6 Å². The van der Waals surface area contributed by atoms with E-state index in [1.54, 1.807) is 25.3 Å². The third-order valence-corrected chi connectivity index (χ3v) is 5.13. The number of anilines is 1. The average molecular weight is 429 g/mol. The molecule has 0 saturated heterocycles. The van der Waals surface area contributed by atoms with Gasteiger partial charge in [0.1, 0.15) is 17.1 Å². The molecule has 4 aromatic rings. The molecule has 1 atom stereocenters. The molecule has 0 radical (unpaired) electrons. The van der Waals surface area contributed by atoms with E-state index in [-0.39, 0.29) is 5.91 Å². The van der Waals surface area contributed by atoms with Crippen LogP contribution in [0.1, 0.15) is 22.8 Å². The Morgan fingerprint density at radius 3 is 2.50 bits per heavy atom. The van der Waals surface area contributed by atoms with Crippen LogP contribution in [0.25, 0.3) is 11.0 Å². The number of nitrogens with one attached hydrogen (secondary N) is 1. The monoisotopic (exact) mass is 429 g/mol. The molecule has 0 fully saturated rings. The van der Waals surface area contributed by atoms with Crippen LogP contribution in [0.4, 0.5) is 5.69 Å². The van der Waals surface area contributed by atoms with Gasteiger partial charge in [0.05, 0.1) is 12.8 Å². The molecule has 162 valence electrons. The topological polar surface area (TPSA) is 77.8 Å². The molecule has 0 bridgehead atoms. The highest BCUT2D eigenvalue weighted by Gasteiger charge is 2.24. The normalized spacial score (nSPS) is 11.7. The quantitative estimate of drug-likeness (QED) is 0.428. The largest absolute Gasteiger partial charge is 0.495 e. The van der Waals surface area contributed by atoms with Crippen LogP contribution in [0, 0.1) is 13.8 Å². The molecule has 32 heavy (non-hydrogen) atoms. The van der Waals surface area contributed by atoms with E-state index < -0.39 is 11.7 Å². The summed E-state index contributed by atoms with van der Waals surface area (Å²) in [6, 6.07) is 21.4. The van der Waals surface area contributed by atoms with Crippen molar-refractivity contribution in [3.63, 3.8) is 0 Å². The fraction of sp³-hybridized carbons (Fsp3) is 0.154. The molecular formula is C26H23NO5. The third-order valence-electron chi connectivity index (χ3n) is 5.13. The van der Waals surface area contributed by atoms with Gasteiger partial charge in [-0.2, -0.15) is 0 Å². The van der Waals surface area contributed by atoms with Gasteiger partial charge < -0.3 is 19.2 Å². The van der Waals surface area contributed by atoms with E-state index in [1.807, 2.05) is 62.4 Å². The number of rotatable bonds is 6. The first-order chi connectivity index (χ1) is 15.4. The predicted octanol–water partition coefficient (Wildman–Crippen LogP) is 5.18. The molecule has 1 unspecified atom stereocenters. The van der Waals surface area contributed by atoms with Crippen LogP contribution in [0.5, 0.6) is 11.5 Å². The minimum atomic E-state index is -0.935. The predicted molar refractivity (Wildman–Crippen MR) is 123 cm³/mol. The molecular weight excluding hydrogens is 406 g/mol. The van der Waals surface area contributed by atoms with Gasteiger partial charge >= 0.3 is 5.63 Å². The average Bonchev–Trinajstić information content (AvgIpc) is 2.78. The van der Waals surface area contributed by atoms with E-state index in [0.717, 1.165) is 16.5 Å². The molecule has 4 rings (SSSR count). The second-order valence-corrected chi connectivity index (χ2v) is 7.51.